The Balaban J connectivity index is 1.33. The Morgan fingerprint density at radius 1 is 1.16 bits per heavy atom. The van der Waals surface area contributed by atoms with Crippen molar-refractivity contribution in [1.82, 2.24) is 14.8 Å². The van der Waals surface area contributed by atoms with Crippen LogP contribution in [0.2, 0.25) is 0 Å². The van der Waals surface area contributed by atoms with Gasteiger partial charge in [-0.1, -0.05) is 18.2 Å². The number of amides is 1. The minimum absolute atomic E-state index is 0.0606. The fourth-order valence-electron chi connectivity index (χ4n) is 6.24. The second-order valence-electron chi connectivity index (χ2n) is 11.0. The number of para-hydroxylation sites is 1. The van der Waals surface area contributed by atoms with Crippen molar-refractivity contribution in [3.63, 3.8) is 0 Å². The van der Waals surface area contributed by atoms with Gasteiger partial charge in [0.05, 0.1) is 18.3 Å². The third-order valence-electron chi connectivity index (χ3n) is 8.34. The molecule has 1 saturated heterocycles. The van der Waals surface area contributed by atoms with Crippen molar-refractivity contribution in [3.05, 3.63) is 64.9 Å². The molecule has 0 spiro atoms. The quantitative estimate of drug-likeness (QED) is 0.479. The average Bonchev–Trinajstić information content (AvgIpc) is 3.21. The number of ether oxygens (including phenoxy) is 1. The van der Waals surface area contributed by atoms with Crippen LogP contribution < -0.4 is 4.74 Å². The van der Waals surface area contributed by atoms with Gasteiger partial charge in [0, 0.05) is 66.2 Å². The summed E-state index contributed by atoms with van der Waals surface area (Å²) >= 11 is 0. The molecule has 3 aromatic rings. The number of carbonyl (C=O) groups excluding carboxylic acids is 1. The van der Waals surface area contributed by atoms with E-state index in [1.165, 1.54) is 12.1 Å². The van der Waals surface area contributed by atoms with Gasteiger partial charge in [0.1, 0.15) is 30.0 Å². The molecule has 0 bridgehead atoms. The van der Waals surface area contributed by atoms with Crippen molar-refractivity contribution in [3.8, 4) is 5.75 Å². The number of halogens is 3. The predicted octanol–water partition coefficient (Wildman–Crippen LogP) is 4.36. The number of aliphatic hydroxyl groups excluding tert-OH is 1. The van der Waals surface area contributed by atoms with Crippen molar-refractivity contribution >= 4 is 16.8 Å². The lowest BCUT2D eigenvalue weighted by atomic mass is 9.79. The standard InChI is InChI=1S/C29H32F3N3O3/c1-16-8-22-21-4-2-3-5-25(21)33-27(22)28(35(16)29(37)18-9-19(36)10-18)26-23(31)11-20(12-24(26)32)38-7-6-34-14-17(13-30)15-34/h2-5,11-12,16-19,28,33,36H,6-10,13-15H2,1H3/t16-,18-,19+,28-/m1/s1. The number of hydrogen-bond acceptors (Lipinski definition) is 4. The lowest BCUT2D eigenvalue weighted by molar-refractivity contribution is -0.147. The van der Waals surface area contributed by atoms with Crippen LogP contribution in [0.15, 0.2) is 36.4 Å². The summed E-state index contributed by atoms with van der Waals surface area (Å²) in [6, 6.07) is 8.80. The Kier molecular flexibility index (Phi) is 6.60. The van der Waals surface area contributed by atoms with Crippen LogP contribution in [0.5, 0.6) is 5.75 Å². The number of alkyl halides is 1. The number of carbonyl (C=O) groups is 1. The number of aromatic amines is 1. The van der Waals surface area contributed by atoms with Gasteiger partial charge in [-0.25, -0.2) is 8.78 Å². The van der Waals surface area contributed by atoms with Crippen LogP contribution in [0.1, 0.15) is 42.6 Å². The topological polar surface area (TPSA) is 68.8 Å². The number of aliphatic hydroxyl groups is 1. The molecule has 1 aliphatic carbocycles. The van der Waals surface area contributed by atoms with Gasteiger partial charge in [0.2, 0.25) is 5.91 Å². The smallest absolute Gasteiger partial charge is 0.226 e. The molecule has 2 fully saturated rings. The maximum atomic E-state index is 15.8. The predicted molar refractivity (Wildman–Crippen MR) is 137 cm³/mol. The second kappa shape index (κ2) is 9.93. The SMILES string of the molecule is C[C@@H]1Cc2c([nH]c3ccccc23)[C@@H](c2c(F)cc(OCCN3CC(CF)C3)cc2F)N1C(=O)[C@H]1C[C@@H](O)C1. The number of hydrogen-bond donors (Lipinski definition) is 2. The van der Waals surface area contributed by atoms with Gasteiger partial charge in [-0.3, -0.25) is 14.1 Å². The van der Waals surface area contributed by atoms with E-state index in [1.807, 2.05) is 36.1 Å². The maximum Gasteiger partial charge on any atom is 0.226 e. The van der Waals surface area contributed by atoms with Gasteiger partial charge in [-0.05, 0) is 37.8 Å². The Bertz CT molecular complexity index is 1330. The summed E-state index contributed by atoms with van der Waals surface area (Å²) in [5.74, 6) is -1.99. The summed E-state index contributed by atoms with van der Waals surface area (Å²) in [7, 11) is 0. The van der Waals surface area contributed by atoms with E-state index in [2.05, 4.69) is 4.98 Å². The number of H-pyrrole nitrogens is 1. The molecule has 0 radical (unpaired) electrons. The Morgan fingerprint density at radius 3 is 2.55 bits per heavy atom. The molecule has 1 aromatic heterocycles. The maximum absolute atomic E-state index is 15.8. The first-order valence-electron chi connectivity index (χ1n) is 13.3. The molecular weight excluding hydrogens is 495 g/mol. The van der Waals surface area contributed by atoms with Crippen LogP contribution in [-0.2, 0) is 11.2 Å². The Labute approximate surface area is 219 Å². The fourth-order valence-corrected chi connectivity index (χ4v) is 6.24. The van der Waals surface area contributed by atoms with Crippen molar-refractivity contribution in [2.75, 3.05) is 32.9 Å². The molecule has 2 aromatic carbocycles. The first-order chi connectivity index (χ1) is 18.3. The average molecular weight is 528 g/mol. The zero-order valence-corrected chi connectivity index (χ0v) is 21.3. The van der Waals surface area contributed by atoms with E-state index in [4.69, 9.17) is 4.74 Å². The minimum atomic E-state index is -0.973. The lowest BCUT2D eigenvalue weighted by Crippen LogP contribution is -2.52. The first-order valence-corrected chi connectivity index (χ1v) is 13.3. The normalized spacial score (nSPS) is 25.7. The van der Waals surface area contributed by atoms with E-state index in [1.54, 1.807) is 4.90 Å². The highest BCUT2D eigenvalue weighted by Gasteiger charge is 2.45. The number of nitrogens with one attached hydrogen (secondary N) is 1. The number of benzene rings is 2. The van der Waals surface area contributed by atoms with Crippen molar-refractivity contribution in [2.24, 2.45) is 11.8 Å². The van der Waals surface area contributed by atoms with Crippen LogP contribution >= 0.6 is 0 Å². The highest BCUT2D eigenvalue weighted by atomic mass is 19.1. The monoisotopic (exact) mass is 527 g/mol. The first kappa shape index (κ1) is 25.2. The van der Waals surface area contributed by atoms with Crippen LogP contribution in [0.3, 0.4) is 0 Å². The zero-order valence-electron chi connectivity index (χ0n) is 21.3. The van der Waals surface area contributed by atoms with E-state index in [9.17, 15) is 14.3 Å². The summed E-state index contributed by atoms with van der Waals surface area (Å²) in [5, 5.41) is 10.8. The number of fused-ring (bicyclic) bond motifs is 3. The van der Waals surface area contributed by atoms with Gasteiger partial charge in [0.25, 0.3) is 0 Å². The van der Waals surface area contributed by atoms with E-state index in [0.29, 0.717) is 44.6 Å². The molecule has 202 valence electrons. The molecule has 1 saturated carbocycles. The summed E-state index contributed by atoms with van der Waals surface area (Å²) in [4.78, 5) is 20.6. The molecule has 2 N–H and O–H groups in total. The van der Waals surface area contributed by atoms with E-state index < -0.39 is 23.8 Å². The largest absolute Gasteiger partial charge is 0.492 e. The third kappa shape index (κ3) is 4.35. The van der Waals surface area contributed by atoms with Gasteiger partial charge in [0.15, 0.2) is 0 Å². The summed E-state index contributed by atoms with van der Waals surface area (Å²) in [6.07, 6.45) is 0.751. The molecule has 2 aliphatic heterocycles. The highest BCUT2D eigenvalue weighted by molar-refractivity contribution is 5.87. The number of nitrogens with zero attached hydrogens (tertiary/aromatic N) is 2. The molecular formula is C29H32F3N3O3. The molecule has 6 rings (SSSR count). The van der Waals surface area contributed by atoms with Crippen LogP contribution in [0.4, 0.5) is 13.2 Å². The number of rotatable bonds is 7. The molecule has 3 heterocycles. The Hall–Kier alpha value is -3.04. The second-order valence-corrected chi connectivity index (χ2v) is 11.0. The van der Waals surface area contributed by atoms with Gasteiger partial charge in [-0.15, -0.1) is 0 Å². The minimum Gasteiger partial charge on any atom is -0.492 e. The van der Waals surface area contributed by atoms with Crippen LogP contribution in [0, 0.1) is 23.5 Å². The van der Waals surface area contributed by atoms with Crippen molar-refractivity contribution in [1.29, 1.82) is 0 Å². The van der Waals surface area contributed by atoms with Gasteiger partial charge >= 0.3 is 0 Å². The van der Waals surface area contributed by atoms with E-state index in [0.717, 1.165) is 16.5 Å². The Morgan fingerprint density at radius 2 is 1.87 bits per heavy atom. The summed E-state index contributed by atoms with van der Waals surface area (Å²) < 4.78 is 49.8. The molecule has 9 heteroatoms. The summed E-state index contributed by atoms with van der Waals surface area (Å²) in [6.45, 7) is 3.68. The van der Waals surface area contributed by atoms with E-state index in [-0.39, 0.29) is 48.4 Å². The van der Waals surface area contributed by atoms with Gasteiger partial charge < -0.3 is 19.7 Å². The van der Waals surface area contributed by atoms with Crippen molar-refractivity contribution < 1.29 is 27.8 Å². The van der Waals surface area contributed by atoms with E-state index >= 15 is 8.78 Å². The summed E-state index contributed by atoms with van der Waals surface area (Å²) in [5.41, 5.74) is 2.23. The molecule has 38 heavy (non-hydrogen) atoms. The number of aromatic nitrogens is 1. The molecule has 3 aliphatic rings. The molecule has 1 amide bonds. The molecule has 0 unspecified atom stereocenters. The zero-order chi connectivity index (χ0) is 26.6. The third-order valence-corrected chi connectivity index (χ3v) is 8.34. The highest BCUT2D eigenvalue weighted by Crippen LogP contribution is 2.45. The number of likely N-dealkylation sites (tertiary alicyclic amines) is 1. The van der Waals surface area contributed by atoms with Crippen LogP contribution in [-0.4, -0.2) is 70.9 Å². The lowest BCUT2D eigenvalue weighted by Gasteiger charge is -2.45. The van der Waals surface area contributed by atoms with Crippen molar-refractivity contribution in [2.45, 2.75) is 44.4 Å². The van der Waals surface area contributed by atoms with Crippen LogP contribution in [0.25, 0.3) is 10.9 Å². The molecule has 6 nitrogen and oxygen atoms in total. The van der Waals surface area contributed by atoms with Gasteiger partial charge in [-0.2, -0.15) is 0 Å². The fraction of sp³-hybridized carbons (Fsp3) is 0.483. The molecule has 2 atom stereocenters.